The van der Waals surface area contributed by atoms with Crippen molar-refractivity contribution in [3.8, 4) is 0 Å². The molecule has 1 saturated heterocycles. The summed E-state index contributed by atoms with van der Waals surface area (Å²) in [5.74, 6) is 0.132. The summed E-state index contributed by atoms with van der Waals surface area (Å²) in [7, 11) is 0. The van der Waals surface area contributed by atoms with Gasteiger partial charge in [-0.1, -0.05) is 0 Å². The van der Waals surface area contributed by atoms with Crippen molar-refractivity contribution in [2.75, 3.05) is 37.6 Å². The Morgan fingerprint density at radius 2 is 1.86 bits per heavy atom. The fourth-order valence-corrected chi connectivity index (χ4v) is 3.33. The number of hydrogen-bond acceptors (Lipinski definition) is 5. The third-order valence-corrected chi connectivity index (χ3v) is 4.68. The fourth-order valence-electron chi connectivity index (χ4n) is 3.33. The number of anilines is 1. The van der Waals surface area contributed by atoms with E-state index in [0.29, 0.717) is 6.54 Å². The fraction of sp³-hybridized carbons (Fsp3) is 0.688. The molecule has 0 radical (unpaired) electrons. The number of aromatic nitrogens is 2. The first kappa shape index (κ1) is 15.2. The highest BCUT2D eigenvalue weighted by Crippen LogP contribution is 2.24. The van der Waals surface area contributed by atoms with E-state index < -0.39 is 5.97 Å². The molecule has 1 fully saturated rings. The van der Waals surface area contributed by atoms with Crippen LogP contribution in [-0.4, -0.2) is 58.7 Å². The van der Waals surface area contributed by atoms with Crippen molar-refractivity contribution in [1.82, 2.24) is 14.9 Å². The van der Waals surface area contributed by atoms with Crippen LogP contribution in [0.25, 0.3) is 0 Å². The normalized spacial score (nSPS) is 19.0. The quantitative estimate of drug-likeness (QED) is 0.903. The number of aryl methyl sites for hydroxylation is 2. The second-order valence-corrected chi connectivity index (χ2v) is 6.21. The van der Waals surface area contributed by atoms with E-state index in [2.05, 4.69) is 16.7 Å². The first-order valence-corrected chi connectivity index (χ1v) is 8.19. The molecular weight excluding hydrogens is 280 g/mol. The van der Waals surface area contributed by atoms with E-state index in [-0.39, 0.29) is 6.42 Å². The second kappa shape index (κ2) is 6.60. The third kappa shape index (κ3) is 3.38. The summed E-state index contributed by atoms with van der Waals surface area (Å²) in [5, 5.41) is 8.76. The molecule has 1 aliphatic carbocycles. The van der Waals surface area contributed by atoms with Crippen LogP contribution in [0.4, 0.5) is 5.95 Å². The lowest BCUT2D eigenvalue weighted by Crippen LogP contribution is -2.47. The van der Waals surface area contributed by atoms with Gasteiger partial charge in [0, 0.05) is 44.1 Å². The van der Waals surface area contributed by atoms with Crippen molar-refractivity contribution in [3.63, 3.8) is 0 Å². The second-order valence-electron chi connectivity index (χ2n) is 6.21. The van der Waals surface area contributed by atoms with Gasteiger partial charge in [-0.05, 0) is 38.2 Å². The minimum absolute atomic E-state index is 0.217. The van der Waals surface area contributed by atoms with Crippen LogP contribution in [0.5, 0.6) is 0 Å². The molecule has 0 aromatic carbocycles. The van der Waals surface area contributed by atoms with Crippen LogP contribution in [-0.2, 0) is 17.6 Å². The molecule has 1 aromatic rings. The van der Waals surface area contributed by atoms with E-state index in [0.717, 1.165) is 50.7 Å². The summed E-state index contributed by atoms with van der Waals surface area (Å²) in [6.45, 7) is 6.24. The van der Waals surface area contributed by atoms with Crippen molar-refractivity contribution in [1.29, 1.82) is 0 Å². The van der Waals surface area contributed by atoms with Gasteiger partial charge < -0.3 is 10.0 Å². The first-order valence-electron chi connectivity index (χ1n) is 8.19. The maximum Gasteiger partial charge on any atom is 0.304 e. The Kier molecular flexibility index (Phi) is 4.57. The zero-order valence-corrected chi connectivity index (χ0v) is 13.2. The van der Waals surface area contributed by atoms with E-state index in [1.165, 1.54) is 24.1 Å². The highest BCUT2D eigenvalue weighted by atomic mass is 16.4. The summed E-state index contributed by atoms with van der Waals surface area (Å²) in [6.07, 6.45) is 4.88. The van der Waals surface area contributed by atoms with E-state index in [4.69, 9.17) is 15.1 Å². The average molecular weight is 304 g/mol. The first-order chi connectivity index (χ1) is 10.6. The number of hydrogen-bond donors (Lipinski definition) is 1. The number of carboxylic acid groups (broad SMARTS) is 1. The molecule has 22 heavy (non-hydrogen) atoms. The molecular formula is C16H24N4O2. The third-order valence-electron chi connectivity index (χ3n) is 4.68. The molecule has 120 valence electrons. The molecule has 0 bridgehead atoms. The standard InChI is InChI=1S/C16H24N4O2/c1-12-13-4-2-3-5-14(13)18-16(17-12)20-10-8-19(9-11-20)7-6-15(21)22/h2-11H2,1H3,(H,21,22). The lowest BCUT2D eigenvalue weighted by atomic mass is 9.95. The van der Waals surface area contributed by atoms with Crippen molar-refractivity contribution in [3.05, 3.63) is 17.0 Å². The predicted octanol–water partition coefficient (Wildman–Crippen LogP) is 1.26. The highest BCUT2D eigenvalue weighted by Gasteiger charge is 2.22. The summed E-state index contributed by atoms with van der Waals surface area (Å²) >= 11 is 0. The van der Waals surface area contributed by atoms with Gasteiger partial charge in [-0.3, -0.25) is 9.69 Å². The molecule has 1 N–H and O–H groups in total. The Balaban J connectivity index is 1.64. The molecule has 0 spiro atoms. The van der Waals surface area contributed by atoms with Gasteiger partial charge >= 0.3 is 5.97 Å². The van der Waals surface area contributed by atoms with Gasteiger partial charge in [-0.25, -0.2) is 9.97 Å². The lowest BCUT2D eigenvalue weighted by molar-refractivity contribution is -0.137. The molecule has 6 heteroatoms. The van der Waals surface area contributed by atoms with Gasteiger partial charge in [-0.2, -0.15) is 0 Å². The molecule has 0 saturated carbocycles. The highest BCUT2D eigenvalue weighted by molar-refractivity contribution is 5.66. The van der Waals surface area contributed by atoms with Gasteiger partial charge in [0.2, 0.25) is 5.95 Å². The average Bonchev–Trinajstić information content (AvgIpc) is 2.53. The summed E-state index contributed by atoms with van der Waals surface area (Å²) < 4.78 is 0. The van der Waals surface area contributed by atoms with Gasteiger partial charge in [0.05, 0.1) is 6.42 Å². The summed E-state index contributed by atoms with van der Waals surface area (Å²) in [5.41, 5.74) is 3.73. The minimum atomic E-state index is -0.726. The van der Waals surface area contributed by atoms with Crippen LogP contribution in [0, 0.1) is 6.92 Å². The molecule has 0 amide bonds. The molecule has 6 nitrogen and oxygen atoms in total. The van der Waals surface area contributed by atoms with E-state index >= 15 is 0 Å². The lowest BCUT2D eigenvalue weighted by Gasteiger charge is -2.35. The topological polar surface area (TPSA) is 69.6 Å². The van der Waals surface area contributed by atoms with Crippen LogP contribution in [0.1, 0.15) is 36.2 Å². The molecule has 3 rings (SSSR count). The van der Waals surface area contributed by atoms with E-state index in [1.807, 2.05) is 0 Å². The van der Waals surface area contributed by atoms with Crippen LogP contribution in [0.15, 0.2) is 0 Å². The molecule has 1 aromatic heterocycles. The van der Waals surface area contributed by atoms with Crippen LogP contribution in [0.3, 0.4) is 0 Å². The largest absolute Gasteiger partial charge is 0.481 e. The zero-order chi connectivity index (χ0) is 15.5. The Labute approximate surface area is 131 Å². The van der Waals surface area contributed by atoms with Gasteiger partial charge in [0.1, 0.15) is 0 Å². The number of aliphatic carboxylic acids is 1. The predicted molar refractivity (Wildman–Crippen MR) is 84.3 cm³/mol. The number of rotatable bonds is 4. The van der Waals surface area contributed by atoms with Crippen LogP contribution in [0.2, 0.25) is 0 Å². The Morgan fingerprint density at radius 1 is 1.14 bits per heavy atom. The SMILES string of the molecule is Cc1nc(N2CCN(CCC(=O)O)CC2)nc2c1CCCC2. The van der Waals surface area contributed by atoms with Crippen molar-refractivity contribution in [2.24, 2.45) is 0 Å². The zero-order valence-electron chi connectivity index (χ0n) is 13.2. The molecule has 0 atom stereocenters. The molecule has 1 aliphatic heterocycles. The Morgan fingerprint density at radius 3 is 2.59 bits per heavy atom. The number of piperazine rings is 1. The number of carbonyl (C=O) groups is 1. The number of carboxylic acids is 1. The number of nitrogens with zero attached hydrogens (tertiary/aromatic N) is 4. The summed E-state index contributed by atoms with van der Waals surface area (Å²) in [4.78, 5) is 24.6. The summed E-state index contributed by atoms with van der Waals surface area (Å²) in [6, 6.07) is 0. The van der Waals surface area contributed by atoms with E-state index in [1.54, 1.807) is 0 Å². The monoisotopic (exact) mass is 304 g/mol. The van der Waals surface area contributed by atoms with E-state index in [9.17, 15) is 4.79 Å². The number of fused-ring (bicyclic) bond motifs is 1. The van der Waals surface area contributed by atoms with Gasteiger partial charge in [-0.15, -0.1) is 0 Å². The van der Waals surface area contributed by atoms with Crippen molar-refractivity contribution in [2.45, 2.75) is 39.0 Å². The van der Waals surface area contributed by atoms with Crippen molar-refractivity contribution < 1.29 is 9.90 Å². The maximum absolute atomic E-state index is 10.6. The molecule has 2 aliphatic rings. The minimum Gasteiger partial charge on any atom is -0.481 e. The molecule has 2 heterocycles. The Bertz CT molecular complexity index is 553. The van der Waals surface area contributed by atoms with Crippen LogP contribution >= 0.6 is 0 Å². The molecule has 0 unspecified atom stereocenters. The van der Waals surface area contributed by atoms with Crippen LogP contribution < -0.4 is 4.90 Å². The van der Waals surface area contributed by atoms with Crippen molar-refractivity contribution >= 4 is 11.9 Å². The smallest absolute Gasteiger partial charge is 0.304 e. The Hall–Kier alpha value is -1.69. The van der Waals surface area contributed by atoms with Gasteiger partial charge in [0.15, 0.2) is 0 Å². The van der Waals surface area contributed by atoms with Gasteiger partial charge in [0.25, 0.3) is 0 Å². The maximum atomic E-state index is 10.6.